The molecule has 12 heteroatoms. The molecular weight excluding hydrogens is 367 g/mol. The summed E-state index contributed by atoms with van der Waals surface area (Å²) in [7, 11) is 17.2. The van der Waals surface area contributed by atoms with Crippen LogP contribution in [-0.2, 0) is 22.7 Å². The molecule has 0 aliphatic rings. The molecule has 0 radical (unpaired) electrons. The van der Waals surface area contributed by atoms with Gasteiger partial charge < -0.3 is 0 Å². The average molecular weight is 367 g/mol. The SMILES string of the molecule is [Cl][Fe]([Cl])([Cl])[Cl].[F][Fe]([F])([F])([F])([F])[F]. The molecule has 0 amide bonds. The summed E-state index contributed by atoms with van der Waals surface area (Å²) in [5.41, 5.74) is 0. The minimum absolute atomic E-state index is 2.61. The van der Waals surface area contributed by atoms with Gasteiger partial charge in [0.25, 0.3) is 0 Å². The van der Waals surface area contributed by atoms with E-state index in [4.69, 9.17) is 40.4 Å². The van der Waals surface area contributed by atoms with E-state index in [1.807, 2.05) is 0 Å². The molecule has 0 aromatic heterocycles. The Morgan fingerprint density at radius 2 is 0.667 bits per heavy atom. The number of rotatable bonds is 0. The average Bonchev–Trinajstić information content (AvgIpc) is 1.04. The van der Waals surface area contributed by atoms with E-state index in [0.717, 1.165) is 0 Å². The van der Waals surface area contributed by atoms with Gasteiger partial charge in [0.15, 0.2) is 0 Å². The van der Waals surface area contributed by atoms with Gasteiger partial charge in [-0.1, -0.05) is 0 Å². The van der Waals surface area contributed by atoms with Crippen molar-refractivity contribution in [1.29, 1.82) is 0 Å². The molecule has 0 spiro atoms. The van der Waals surface area contributed by atoms with Crippen LogP contribution in [0.4, 0.5) is 21.3 Å². The van der Waals surface area contributed by atoms with Gasteiger partial charge in [-0.05, 0) is 0 Å². The Morgan fingerprint density at radius 3 is 0.667 bits per heavy atom. The molecule has 0 fully saturated rings. The van der Waals surface area contributed by atoms with Crippen molar-refractivity contribution < 1.29 is 44.0 Å². The maximum atomic E-state index is 9.88. The van der Waals surface area contributed by atoms with Crippen LogP contribution in [0.2, 0.25) is 0 Å². The van der Waals surface area contributed by atoms with Crippen LogP contribution >= 0.6 is 40.4 Å². The van der Waals surface area contributed by atoms with Gasteiger partial charge in [0.2, 0.25) is 0 Å². The van der Waals surface area contributed by atoms with Crippen molar-refractivity contribution in [1.82, 2.24) is 0 Å². The van der Waals surface area contributed by atoms with Crippen LogP contribution in [0.25, 0.3) is 0 Å². The van der Waals surface area contributed by atoms with Gasteiger partial charge in [-0.25, -0.2) is 0 Å². The molecule has 0 unspecified atom stereocenters. The molecule has 0 aliphatic carbocycles. The van der Waals surface area contributed by atoms with Crippen molar-refractivity contribution in [3.63, 3.8) is 0 Å². The zero-order valence-corrected chi connectivity index (χ0v) is 9.72. The van der Waals surface area contributed by atoms with E-state index in [1.165, 1.54) is 0 Å². The van der Waals surface area contributed by atoms with Crippen LogP contribution in [-0.4, -0.2) is 0 Å². The molecule has 0 aromatic rings. The zero-order valence-electron chi connectivity index (χ0n) is 4.49. The molecule has 0 aromatic carbocycles. The van der Waals surface area contributed by atoms with Crippen molar-refractivity contribution in [2.45, 2.75) is 0 Å². The van der Waals surface area contributed by atoms with Crippen molar-refractivity contribution in [3.8, 4) is 0 Å². The molecule has 0 aliphatic heterocycles. The molecule has 12 heavy (non-hydrogen) atoms. The summed E-state index contributed by atoms with van der Waals surface area (Å²) >= 11 is -10.8. The predicted octanol–water partition coefficient (Wildman–Crippen LogP) is 5.27. The Labute approximate surface area is 83.9 Å². The van der Waals surface area contributed by atoms with E-state index in [2.05, 4.69) is 0 Å². The van der Waals surface area contributed by atoms with Crippen LogP contribution in [0.15, 0.2) is 0 Å². The molecular formula is Cl4F6Fe2. The second-order valence-corrected chi connectivity index (χ2v) is 14.4. The summed E-state index contributed by atoms with van der Waals surface area (Å²) in [4.78, 5) is 0. The summed E-state index contributed by atoms with van der Waals surface area (Å²) < 4.78 is 59.2. The summed E-state index contributed by atoms with van der Waals surface area (Å²) in [5.74, 6) is 0. The summed E-state index contributed by atoms with van der Waals surface area (Å²) in [5, 5.41) is 0. The van der Waals surface area contributed by atoms with Crippen molar-refractivity contribution in [3.05, 3.63) is 0 Å². The summed E-state index contributed by atoms with van der Waals surface area (Å²) in [6.45, 7) is 0. The van der Waals surface area contributed by atoms with E-state index in [1.54, 1.807) is 0 Å². The first kappa shape index (κ1) is 16.2. The first-order valence-corrected chi connectivity index (χ1v) is 9.92. The predicted molar refractivity (Wildman–Crippen MR) is 30.1 cm³/mol. The molecule has 0 N–H and O–H groups in total. The Bertz CT molecular complexity index is 128. The van der Waals surface area contributed by atoms with Crippen LogP contribution < -0.4 is 0 Å². The zero-order chi connectivity index (χ0) is 10.9. The van der Waals surface area contributed by atoms with E-state index in [9.17, 15) is 21.3 Å². The molecule has 0 atom stereocenters. The first-order chi connectivity index (χ1) is 4.45. The van der Waals surface area contributed by atoms with Crippen molar-refractivity contribution >= 4 is 40.4 Å². The Balaban J connectivity index is 0. The molecule has 0 nitrogen and oxygen atoms in total. The van der Waals surface area contributed by atoms with Gasteiger partial charge in [0.1, 0.15) is 0 Å². The minimum atomic E-state index is -10.8. The quantitative estimate of drug-likeness (QED) is 0.404. The topological polar surface area (TPSA) is 0 Å². The number of hydrogen-bond donors (Lipinski definition) is 0. The second-order valence-electron chi connectivity index (χ2n) is 1.06. The van der Waals surface area contributed by atoms with E-state index in [-0.39, 0.29) is 0 Å². The van der Waals surface area contributed by atoms with Crippen molar-refractivity contribution in [2.24, 2.45) is 0 Å². The van der Waals surface area contributed by atoms with Gasteiger partial charge >= 0.3 is 84.4 Å². The molecule has 0 saturated heterocycles. The van der Waals surface area contributed by atoms with Crippen LogP contribution in [0, 0.1) is 0 Å². The molecule has 0 bridgehead atoms. The second kappa shape index (κ2) is 3.42. The maximum absolute atomic E-state index is 10.8. The van der Waals surface area contributed by atoms with Crippen LogP contribution in [0.5, 0.6) is 0 Å². The third-order valence-electron chi connectivity index (χ3n) is 0. The summed E-state index contributed by atoms with van der Waals surface area (Å²) in [6.07, 6.45) is 0. The molecule has 86 valence electrons. The van der Waals surface area contributed by atoms with Crippen LogP contribution in [0.1, 0.15) is 0 Å². The van der Waals surface area contributed by atoms with Gasteiger partial charge in [0.05, 0.1) is 0 Å². The van der Waals surface area contributed by atoms with Gasteiger partial charge in [-0.15, -0.1) is 0 Å². The summed E-state index contributed by atoms with van der Waals surface area (Å²) in [6, 6.07) is 0. The monoisotopic (exact) mass is 366 g/mol. The molecule has 0 heterocycles. The Morgan fingerprint density at radius 1 is 0.667 bits per heavy atom. The van der Waals surface area contributed by atoms with Gasteiger partial charge in [-0.2, -0.15) is 0 Å². The Hall–Kier alpha value is 1.78. The number of hydrogen-bond acceptors (Lipinski definition) is 0. The third-order valence-corrected chi connectivity index (χ3v) is 0. The fourth-order valence-electron chi connectivity index (χ4n) is 0. The molecule has 0 rings (SSSR count). The third kappa shape index (κ3) is 432. The van der Waals surface area contributed by atoms with Crippen molar-refractivity contribution in [2.75, 3.05) is 0 Å². The fraction of sp³-hybridized carbons (Fsp3) is 0. The van der Waals surface area contributed by atoms with Gasteiger partial charge in [0, 0.05) is 0 Å². The normalized spacial score (nSPS) is 19.8. The van der Waals surface area contributed by atoms with E-state index < -0.39 is 22.7 Å². The molecule has 0 saturated carbocycles. The van der Waals surface area contributed by atoms with E-state index >= 15 is 0 Å². The standard InChI is InChI=1S/4ClH.6FH.2Fe/h10*1H;;/q;;;;;;;;;;+4;+6/p-10. The van der Waals surface area contributed by atoms with E-state index in [0.29, 0.717) is 0 Å². The van der Waals surface area contributed by atoms with Gasteiger partial charge in [-0.3, -0.25) is 0 Å². The first-order valence-electron chi connectivity index (χ1n) is 1.34. The number of halogens is 10. The Kier molecular flexibility index (Phi) is 4.62. The van der Waals surface area contributed by atoms with Crippen LogP contribution in [0.3, 0.4) is 0 Å². The fourth-order valence-corrected chi connectivity index (χ4v) is 0.